The summed E-state index contributed by atoms with van der Waals surface area (Å²) in [7, 11) is 0. The lowest BCUT2D eigenvalue weighted by molar-refractivity contribution is 0.456. The standard InChI is InChI=1S/C21H17FN4/c22-16-8-2-1-7-15(16)20-12-18(14-6-5-11-23-13-14)25-21-24-17-9-3-4-10-19(17)26(20)21/h1-11,13,18,20H,12H2,(H,24,25)/t18-,20-/m1/s1. The summed E-state index contributed by atoms with van der Waals surface area (Å²) in [6, 6.07) is 18.8. The molecule has 1 aliphatic heterocycles. The number of nitrogens with one attached hydrogen (secondary N) is 1. The second kappa shape index (κ2) is 5.95. The van der Waals surface area contributed by atoms with E-state index in [4.69, 9.17) is 4.98 Å². The van der Waals surface area contributed by atoms with Crippen LogP contribution in [0.5, 0.6) is 0 Å². The molecule has 3 heterocycles. The van der Waals surface area contributed by atoms with Crippen molar-refractivity contribution in [2.24, 2.45) is 0 Å². The normalized spacial score (nSPS) is 19.1. The third-order valence-electron chi connectivity index (χ3n) is 5.02. The third kappa shape index (κ3) is 2.36. The second-order valence-corrected chi connectivity index (χ2v) is 6.55. The van der Waals surface area contributed by atoms with Gasteiger partial charge in [-0.05, 0) is 36.2 Å². The summed E-state index contributed by atoms with van der Waals surface area (Å²) in [5.74, 6) is 0.577. The van der Waals surface area contributed by atoms with E-state index in [0.29, 0.717) is 5.56 Å². The number of benzene rings is 2. The van der Waals surface area contributed by atoms with Gasteiger partial charge in [-0.15, -0.1) is 0 Å². The van der Waals surface area contributed by atoms with Crippen LogP contribution in [0.25, 0.3) is 11.0 Å². The molecule has 0 aliphatic carbocycles. The molecule has 0 bridgehead atoms. The van der Waals surface area contributed by atoms with E-state index in [9.17, 15) is 4.39 Å². The van der Waals surface area contributed by atoms with Crippen LogP contribution in [0.3, 0.4) is 0 Å². The molecular weight excluding hydrogens is 327 g/mol. The Morgan fingerprint density at radius 3 is 2.69 bits per heavy atom. The number of para-hydroxylation sites is 2. The molecule has 5 heteroatoms. The van der Waals surface area contributed by atoms with Crippen molar-refractivity contribution in [3.8, 4) is 0 Å². The van der Waals surface area contributed by atoms with Crippen LogP contribution in [0, 0.1) is 5.82 Å². The minimum atomic E-state index is -0.187. The highest BCUT2D eigenvalue weighted by Crippen LogP contribution is 2.41. The molecule has 2 aromatic carbocycles. The first-order valence-electron chi connectivity index (χ1n) is 8.69. The number of hydrogen-bond acceptors (Lipinski definition) is 3. The van der Waals surface area contributed by atoms with Crippen LogP contribution >= 0.6 is 0 Å². The maximum atomic E-state index is 14.6. The SMILES string of the molecule is Fc1ccccc1[C@H]1C[C@H](c2cccnc2)Nc2nc3ccccc3n21. The van der Waals surface area contributed by atoms with Gasteiger partial charge in [-0.3, -0.25) is 4.98 Å². The fourth-order valence-corrected chi connectivity index (χ4v) is 3.82. The van der Waals surface area contributed by atoms with Crippen LogP contribution in [0.2, 0.25) is 0 Å². The van der Waals surface area contributed by atoms with Crippen LogP contribution in [0.1, 0.15) is 29.6 Å². The Hall–Kier alpha value is -3.21. The van der Waals surface area contributed by atoms with Crippen LogP contribution in [-0.4, -0.2) is 14.5 Å². The Balaban J connectivity index is 1.71. The Bertz CT molecular complexity index is 1070. The summed E-state index contributed by atoms with van der Waals surface area (Å²) >= 11 is 0. The lowest BCUT2D eigenvalue weighted by Gasteiger charge is -2.33. The van der Waals surface area contributed by atoms with Crippen molar-refractivity contribution in [2.75, 3.05) is 5.32 Å². The zero-order valence-corrected chi connectivity index (χ0v) is 14.0. The molecule has 0 unspecified atom stereocenters. The van der Waals surface area contributed by atoms with Gasteiger partial charge in [0.25, 0.3) is 0 Å². The van der Waals surface area contributed by atoms with Gasteiger partial charge in [0.1, 0.15) is 5.82 Å². The van der Waals surface area contributed by atoms with E-state index in [1.165, 1.54) is 6.07 Å². The summed E-state index contributed by atoms with van der Waals surface area (Å²) in [5.41, 5.74) is 3.68. The van der Waals surface area contributed by atoms with E-state index >= 15 is 0 Å². The first kappa shape index (κ1) is 15.1. The van der Waals surface area contributed by atoms with Gasteiger partial charge in [-0.25, -0.2) is 9.37 Å². The Labute approximate surface area is 150 Å². The molecule has 26 heavy (non-hydrogen) atoms. The molecule has 2 aromatic heterocycles. The summed E-state index contributed by atoms with van der Waals surface area (Å²) in [6.45, 7) is 0. The number of imidazole rings is 1. The molecule has 1 N–H and O–H groups in total. The quantitative estimate of drug-likeness (QED) is 0.572. The molecule has 0 saturated heterocycles. The van der Waals surface area contributed by atoms with Gasteiger partial charge in [0.05, 0.1) is 23.1 Å². The van der Waals surface area contributed by atoms with E-state index in [-0.39, 0.29) is 17.9 Å². The third-order valence-corrected chi connectivity index (χ3v) is 5.02. The predicted molar refractivity (Wildman–Crippen MR) is 99.5 cm³/mol. The van der Waals surface area contributed by atoms with E-state index in [1.54, 1.807) is 12.3 Å². The van der Waals surface area contributed by atoms with Gasteiger partial charge < -0.3 is 9.88 Å². The number of halogens is 1. The first-order chi connectivity index (χ1) is 12.8. The van der Waals surface area contributed by atoms with E-state index in [2.05, 4.69) is 14.9 Å². The van der Waals surface area contributed by atoms with E-state index < -0.39 is 0 Å². The molecule has 5 rings (SSSR count). The number of fused-ring (bicyclic) bond motifs is 3. The van der Waals surface area contributed by atoms with Crippen molar-refractivity contribution in [1.82, 2.24) is 14.5 Å². The fraction of sp³-hybridized carbons (Fsp3) is 0.143. The summed E-state index contributed by atoms with van der Waals surface area (Å²) < 4.78 is 16.7. The number of rotatable bonds is 2. The predicted octanol–water partition coefficient (Wildman–Crippen LogP) is 4.72. The summed E-state index contributed by atoms with van der Waals surface area (Å²) in [5, 5.41) is 3.51. The highest BCUT2D eigenvalue weighted by Gasteiger charge is 2.32. The molecule has 128 valence electrons. The average molecular weight is 344 g/mol. The van der Waals surface area contributed by atoms with Crippen molar-refractivity contribution >= 4 is 17.0 Å². The molecule has 0 amide bonds. The highest BCUT2D eigenvalue weighted by molar-refractivity contribution is 5.79. The Morgan fingerprint density at radius 2 is 1.85 bits per heavy atom. The maximum Gasteiger partial charge on any atom is 0.204 e. The summed E-state index contributed by atoms with van der Waals surface area (Å²) in [6.07, 6.45) is 4.34. The largest absolute Gasteiger partial charge is 0.349 e. The van der Waals surface area contributed by atoms with Crippen molar-refractivity contribution < 1.29 is 4.39 Å². The first-order valence-corrected chi connectivity index (χ1v) is 8.69. The average Bonchev–Trinajstić information content (AvgIpc) is 3.07. The monoisotopic (exact) mass is 344 g/mol. The van der Waals surface area contributed by atoms with Gasteiger partial charge >= 0.3 is 0 Å². The minimum Gasteiger partial charge on any atom is -0.349 e. The van der Waals surface area contributed by atoms with Crippen LogP contribution < -0.4 is 5.32 Å². The lowest BCUT2D eigenvalue weighted by Crippen LogP contribution is -2.27. The smallest absolute Gasteiger partial charge is 0.204 e. The summed E-state index contributed by atoms with van der Waals surface area (Å²) in [4.78, 5) is 8.98. The van der Waals surface area contributed by atoms with Gasteiger partial charge in [-0.2, -0.15) is 0 Å². The number of anilines is 1. The van der Waals surface area contributed by atoms with Gasteiger partial charge in [0, 0.05) is 18.0 Å². The molecule has 0 spiro atoms. The van der Waals surface area contributed by atoms with Crippen LogP contribution in [0.4, 0.5) is 10.3 Å². The fourth-order valence-electron chi connectivity index (χ4n) is 3.82. The number of pyridine rings is 1. The Kier molecular flexibility index (Phi) is 3.45. The van der Waals surface area contributed by atoms with Crippen LogP contribution in [0.15, 0.2) is 73.1 Å². The van der Waals surface area contributed by atoms with Crippen molar-refractivity contribution in [3.63, 3.8) is 0 Å². The van der Waals surface area contributed by atoms with E-state index in [1.807, 2.05) is 54.7 Å². The minimum absolute atomic E-state index is 0.0256. The van der Waals surface area contributed by atoms with Gasteiger partial charge in [0.2, 0.25) is 5.95 Å². The Morgan fingerprint density at radius 1 is 1.00 bits per heavy atom. The van der Waals surface area contributed by atoms with Crippen LogP contribution in [-0.2, 0) is 0 Å². The van der Waals surface area contributed by atoms with Gasteiger partial charge in [0.15, 0.2) is 0 Å². The zero-order valence-electron chi connectivity index (χ0n) is 14.0. The number of nitrogens with zero attached hydrogens (tertiary/aromatic N) is 3. The van der Waals surface area contributed by atoms with Crippen molar-refractivity contribution in [1.29, 1.82) is 0 Å². The van der Waals surface area contributed by atoms with E-state index in [0.717, 1.165) is 29.0 Å². The maximum absolute atomic E-state index is 14.6. The molecule has 4 aromatic rings. The molecule has 0 fully saturated rings. The second-order valence-electron chi connectivity index (χ2n) is 6.55. The zero-order chi connectivity index (χ0) is 17.5. The van der Waals surface area contributed by atoms with Gasteiger partial charge in [-0.1, -0.05) is 36.4 Å². The molecule has 4 nitrogen and oxygen atoms in total. The highest BCUT2D eigenvalue weighted by atomic mass is 19.1. The number of hydrogen-bond donors (Lipinski definition) is 1. The molecule has 2 atom stereocenters. The lowest BCUT2D eigenvalue weighted by atomic mass is 9.93. The molecule has 0 radical (unpaired) electrons. The molecule has 1 aliphatic rings. The van der Waals surface area contributed by atoms with Crippen molar-refractivity contribution in [2.45, 2.75) is 18.5 Å². The number of aromatic nitrogens is 3. The molecule has 0 saturated carbocycles. The van der Waals surface area contributed by atoms with Crippen molar-refractivity contribution in [3.05, 3.63) is 90.0 Å². The molecular formula is C21H17FN4. The topological polar surface area (TPSA) is 42.7 Å².